The first-order valence-corrected chi connectivity index (χ1v) is 6.26. The van der Waals surface area contributed by atoms with E-state index in [1.807, 2.05) is 13.8 Å². The van der Waals surface area contributed by atoms with Crippen LogP contribution in [0.4, 0.5) is 10.1 Å². The minimum Gasteiger partial charge on any atom is -0.325 e. The lowest BCUT2D eigenvalue weighted by molar-refractivity contribution is -0.118. The van der Waals surface area contributed by atoms with Crippen molar-refractivity contribution in [2.45, 2.75) is 26.3 Å². The van der Waals surface area contributed by atoms with E-state index in [4.69, 9.17) is 5.73 Å². The average molecular weight is 340 g/mol. The van der Waals surface area contributed by atoms with E-state index < -0.39 is 11.9 Å². The number of hydrogen-bond donors (Lipinski definition) is 2. The molecule has 0 radical (unpaired) electrons. The fourth-order valence-corrected chi connectivity index (χ4v) is 1.56. The number of carbonyl (C=O) groups is 1. The molecule has 0 aliphatic rings. The minimum atomic E-state index is -0.577. The summed E-state index contributed by atoms with van der Waals surface area (Å²) in [5.74, 6) is -0.615. The van der Waals surface area contributed by atoms with Crippen LogP contribution in [0, 0.1) is 11.7 Å². The van der Waals surface area contributed by atoms with Crippen molar-refractivity contribution in [2.75, 3.05) is 5.32 Å². The van der Waals surface area contributed by atoms with Crippen LogP contribution in [-0.4, -0.2) is 11.9 Å². The van der Waals surface area contributed by atoms with E-state index in [9.17, 15) is 9.18 Å². The second-order valence-corrected chi connectivity index (χ2v) is 4.88. The van der Waals surface area contributed by atoms with Crippen LogP contribution in [0.1, 0.15) is 20.3 Å². The van der Waals surface area contributed by atoms with Gasteiger partial charge in [0, 0.05) is 5.69 Å². The van der Waals surface area contributed by atoms with E-state index in [0.29, 0.717) is 10.2 Å². The van der Waals surface area contributed by atoms with Gasteiger partial charge in [0.25, 0.3) is 0 Å². The van der Waals surface area contributed by atoms with Gasteiger partial charge in [0.15, 0.2) is 0 Å². The molecule has 1 amide bonds. The van der Waals surface area contributed by atoms with Crippen molar-refractivity contribution in [3.05, 3.63) is 28.5 Å². The standard InChI is InChI=1S/C12H16BrFN2O.ClH/c1-3-7(2)11(15)12(17)16-8-4-5-9(13)10(14)6-8;/h4-7,11H,3,15H2,1-2H3,(H,16,17);1H. The second kappa shape index (κ2) is 7.71. The summed E-state index contributed by atoms with van der Waals surface area (Å²) in [5, 5.41) is 2.60. The Kier molecular flexibility index (Phi) is 7.43. The fraction of sp³-hybridized carbons (Fsp3) is 0.417. The first-order chi connectivity index (χ1) is 7.95. The molecular weight excluding hydrogens is 322 g/mol. The molecule has 0 saturated carbocycles. The summed E-state index contributed by atoms with van der Waals surface area (Å²) in [7, 11) is 0. The van der Waals surface area contributed by atoms with Crippen molar-refractivity contribution >= 4 is 39.9 Å². The van der Waals surface area contributed by atoms with Crippen molar-refractivity contribution in [3.8, 4) is 0 Å². The van der Waals surface area contributed by atoms with Gasteiger partial charge in [-0.3, -0.25) is 4.79 Å². The molecule has 1 aromatic carbocycles. The Morgan fingerprint density at radius 2 is 2.17 bits per heavy atom. The van der Waals surface area contributed by atoms with E-state index >= 15 is 0 Å². The number of hydrogen-bond acceptors (Lipinski definition) is 2. The minimum absolute atomic E-state index is 0. The Morgan fingerprint density at radius 1 is 1.56 bits per heavy atom. The Balaban J connectivity index is 0.00000289. The van der Waals surface area contributed by atoms with Gasteiger partial charge in [-0.05, 0) is 40.0 Å². The van der Waals surface area contributed by atoms with Gasteiger partial charge >= 0.3 is 0 Å². The molecule has 1 aromatic rings. The molecule has 3 N–H and O–H groups in total. The SMILES string of the molecule is CCC(C)C(N)C(=O)Nc1ccc(Br)c(F)c1.Cl. The van der Waals surface area contributed by atoms with E-state index in [0.717, 1.165) is 6.42 Å². The summed E-state index contributed by atoms with van der Waals surface area (Å²) in [6, 6.07) is 3.84. The molecule has 2 atom stereocenters. The maximum atomic E-state index is 13.2. The summed E-state index contributed by atoms with van der Waals surface area (Å²) in [6.45, 7) is 3.88. The summed E-state index contributed by atoms with van der Waals surface area (Å²) in [5.41, 5.74) is 6.18. The molecule has 3 nitrogen and oxygen atoms in total. The van der Waals surface area contributed by atoms with Gasteiger partial charge in [-0.15, -0.1) is 12.4 Å². The molecule has 0 heterocycles. The van der Waals surface area contributed by atoms with Crippen molar-refractivity contribution in [1.82, 2.24) is 0 Å². The van der Waals surface area contributed by atoms with Gasteiger partial charge in [-0.1, -0.05) is 20.3 Å². The van der Waals surface area contributed by atoms with Crippen LogP contribution < -0.4 is 11.1 Å². The highest BCUT2D eigenvalue weighted by atomic mass is 79.9. The number of rotatable bonds is 4. The zero-order valence-electron chi connectivity index (χ0n) is 10.2. The lowest BCUT2D eigenvalue weighted by Gasteiger charge is -2.17. The van der Waals surface area contributed by atoms with Crippen LogP contribution in [0.5, 0.6) is 0 Å². The van der Waals surface area contributed by atoms with Crippen LogP contribution in [-0.2, 0) is 4.79 Å². The highest BCUT2D eigenvalue weighted by Crippen LogP contribution is 2.19. The number of nitrogens with one attached hydrogen (secondary N) is 1. The molecule has 0 saturated heterocycles. The van der Waals surface area contributed by atoms with Crippen LogP contribution in [0.3, 0.4) is 0 Å². The molecule has 0 fully saturated rings. The van der Waals surface area contributed by atoms with E-state index in [1.165, 1.54) is 6.07 Å². The largest absolute Gasteiger partial charge is 0.325 e. The first kappa shape index (κ1) is 17.4. The molecule has 0 aliphatic heterocycles. The maximum Gasteiger partial charge on any atom is 0.241 e. The summed E-state index contributed by atoms with van der Waals surface area (Å²) >= 11 is 3.05. The van der Waals surface area contributed by atoms with Crippen molar-refractivity contribution < 1.29 is 9.18 Å². The van der Waals surface area contributed by atoms with E-state index in [-0.39, 0.29) is 24.2 Å². The zero-order valence-corrected chi connectivity index (χ0v) is 12.6. The molecule has 2 unspecified atom stereocenters. The smallest absolute Gasteiger partial charge is 0.241 e. The molecule has 0 aromatic heterocycles. The lowest BCUT2D eigenvalue weighted by Crippen LogP contribution is -2.40. The van der Waals surface area contributed by atoms with Gasteiger partial charge < -0.3 is 11.1 Å². The van der Waals surface area contributed by atoms with Gasteiger partial charge in [0.2, 0.25) is 5.91 Å². The van der Waals surface area contributed by atoms with Crippen LogP contribution in [0.15, 0.2) is 22.7 Å². The first-order valence-electron chi connectivity index (χ1n) is 5.47. The Labute approximate surface area is 121 Å². The topological polar surface area (TPSA) is 55.1 Å². The number of amides is 1. The van der Waals surface area contributed by atoms with Gasteiger partial charge in [0.1, 0.15) is 5.82 Å². The van der Waals surface area contributed by atoms with Crippen molar-refractivity contribution in [2.24, 2.45) is 11.7 Å². The molecule has 6 heteroatoms. The number of halogens is 3. The number of carbonyl (C=O) groups excluding carboxylic acids is 1. The van der Waals surface area contributed by atoms with Crippen LogP contribution >= 0.6 is 28.3 Å². The van der Waals surface area contributed by atoms with E-state index in [2.05, 4.69) is 21.2 Å². The molecule has 0 bridgehead atoms. The predicted octanol–water partition coefficient (Wildman–Crippen LogP) is 3.32. The Morgan fingerprint density at radius 3 is 2.67 bits per heavy atom. The Hall–Kier alpha value is -0.650. The third kappa shape index (κ3) is 4.55. The molecule has 0 aliphatic carbocycles. The molecule has 0 spiro atoms. The highest BCUT2D eigenvalue weighted by Gasteiger charge is 2.19. The quantitative estimate of drug-likeness (QED) is 0.884. The third-order valence-corrected chi connectivity index (χ3v) is 3.39. The summed E-state index contributed by atoms with van der Waals surface area (Å²) < 4.78 is 13.6. The van der Waals surface area contributed by atoms with Gasteiger partial charge in [-0.25, -0.2) is 4.39 Å². The summed E-state index contributed by atoms with van der Waals surface area (Å²) in [6.07, 6.45) is 0.823. The van der Waals surface area contributed by atoms with Crippen molar-refractivity contribution in [3.63, 3.8) is 0 Å². The van der Waals surface area contributed by atoms with Gasteiger partial charge in [-0.2, -0.15) is 0 Å². The highest BCUT2D eigenvalue weighted by molar-refractivity contribution is 9.10. The molecule has 102 valence electrons. The van der Waals surface area contributed by atoms with E-state index in [1.54, 1.807) is 12.1 Å². The second-order valence-electron chi connectivity index (χ2n) is 4.03. The van der Waals surface area contributed by atoms with Gasteiger partial charge in [0.05, 0.1) is 10.5 Å². The maximum absolute atomic E-state index is 13.2. The third-order valence-electron chi connectivity index (χ3n) is 2.75. The lowest BCUT2D eigenvalue weighted by atomic mass is 9.99. The van der Waals surface area contributed by atoms with Crippen LogP contribution in [0.25, 0.3) is 0 Å². The monoisotopic (exact) mass is 338 g/mol. The molecular formula is C12H17BrClFN2O. The van der Waals surface area contributed by atoms with Crippen LogP contribution in [0.2, 0.25) is 0 Å². The average Bonchev–Trinajstić information content (AvgIpc) is 2.31. The molecule has 18 heavy (non-hydrogen) atoms. The number of benzene rings is 1. The number of nitrogens with two attached hydrogens (primary N) is 1. The zero-order chi connectivity index (χ0) is 13.0. The normalized spacial score (nSPS) is 13.4. The van der Waals surface area contributed by atoms with Crippen molar-refractivity contribution in [1.29, 1.82) is 0 Å². The molecule has 1 rings (SSSR count). The Bertz CT molecular complexity index is 417. The summed E-state index contributed by atoms with van der Waals surface area (Å²) in [4.78, 5) is 11.7. The number of anilines is 1. The predicted molar refractivity (Wildman–Crippen MR) is 77.4 cm³/mol. The fourth-order valence-electron chi connectivity index (χ4n) is 1.31.